The lowest BCUT2D eigenvalue weighted by Gasteiger charge is -2.23. The van der Waals surface area contributed by atoms with Crippen LogP contribution >= 0.6 is 0 Å². The summed E-state index contributed by atoms with van der Waals surface area (Å²) >= 11 is 0. The summed E-state index contributed by atoms with van der Waals surface area (Å²) in [6.45, 7) is 6.99. The minimum Gasteiger partial charge on any atom is -0.493 e. The summed E-state index contributed by atoms with van der Waals surface area (Å²) in [6, 6.07) is 19.7. The zero-order valence-corrected chi connectivity index (χ0v) is 24.9. The van der Waals surface area contributed by atoms with Crippen molar-refractivity contribution >= 4 is 5.91 Å². The van der Waals surface area contributed by atoms with Crippen molar-refractivity contribution in [3.05, 3.63) is 89.7 Å². The zero-order chi connectivity index (χ0) is 28.4. The van der Waals surface area contributed by atoms with Crippen LogP contribution in [-0.2, 0) is 19.6 Å². The van der Waals surface area contributed by atoms with E-state index in [1.807, 2.05) is 53.4 Å². The van der Waals surface area contributed by atoms with Crippen LogP contribution in [0, 0.1) is 0 Å². The number of nitrogens with zero attached hydrogens (tertiary/aromatic N) is 2. The van der Waals surface area contributed by atoms with Crippen molar-refractivity contribution in [2.24, 2.45) is 0 Å². The standard InChI is InChI=1S/C35H49N2O3/c1-4-6-7-8-9-10-11-12-13-17-26-40-33-21-20-31(27-34(33)39-3)29-37(35(38)32-18-15-14-16-19-32)28-30-22-24-36(5-2)25-23-30/h14-16,18-25,27H,4-13,17,26,28-29H2,1-3H3/q+1. The molecule has 0 aliphatic rings. The molecular weight excluding hydrogens is 496 g/mol. The fourth-order valence-electron chi connectivity index (χ4n) is 4.91. The van der Waals surface area contributed by atoms with Gasteiger partial charge < -0.3 is 14.4 Å². The number of hydrogen-bond donors (Lipinski definition) is 0. The lowest BCUT2D eigenvalue weighted by molar-refractivity contribution is -0.693. The molecule has 1 heterocycles. The quantitative estimate of drug-likeness (QED) is 0.113. The van der Waals surface area contributed by atoms with Crippen LogP contribution in [-0.4, -0.2) is 24.5 Å². The van der Waals surface area contributed by atoms with Gasteiger partial charge in [-0.1, -0.05) is 89.0 Å². The van der Waals surface area contributed by atoms with Crippen LogP contribution < -0.4 is 14.0 Å². The molecule has 216 valence electrons. The maximum atomic E-state index is 13.5. The Morgan fingerprint density at radius 1 is 0.725 bits per heavy atom. The Morgan fingerprint density at radius 3 is 1.98 bits per heavy atom. The van der Waals surface area contributed by atoms with Gasteiger partial charge in [-0.15, -0.1) is 0 Å². The zero-order valence-electron chi connectivity index (χ0n) is 24.9. The van der Waals surface area contributed by atoms with E-state index in [4.69, 9.17) is 9.47 Å². The highest BCUT2D eigenvalue weighted by Gasteiger charge is 2.18. The Balaban J connectivity index is 1.55. The van der Waals surface area contributed by atoms with Gasteiger partial charge in [0.15, 0.2) is 23.9 Å². The van der Waals surface area contributed by atoms with Crippen LogP contribution in [0.5, 0.6) is 11.5 Å². The molecule has 0 atom stereocenters. The molecule has 0 unspecified atom stereocenters. The first kappa shape index (κ1) is 31.2. The topological polar surface area (TPSA) is 42.7 Å². The fourth-order valence-corrected chi connectivity index (χ4v) is 4.91. The molecule has 0 spiro atoms. The molecular formula is C35H49N2O3+. The van der Waals surface area contributed by atoms with Crippen molar-refractivity contribution in [2.75, 3.05) is 13.7 Å². The number of unbranched alkanes of at least 4 members (excludes halogenated alkanes) is 9. The maximum absolute atomic E-state index is 13.5. The summed E-state index contributed by atoms with van der Waals surface area (Å²) in [5.74, 6) is 1.48. The highest BCUT2D eigenvalue weighted by Crippen LogP contribution is 2.29. The molecule has 0 aliphatic heterocycles. The smallest absolute Gasteiger partial charge is 0.254 e. The molecule has 5 nitrogen and oxygen atoms in total. The first-order chi connectivity index (χ1) is 19.6. The number of aryl methyl sites for hydroxylation is 1. The predicted molar refractivity (Wildman–Crippen MR) is 163 cm³/mol. The second kappa shape index (κ2) is 18.1. The molecule has 3 rings (SSSR count). The van der Waals surface area contributed by atoms with Gasteiger partial charge in [0.1, 0.15) is 6.54 Å². The molecule has 0 saturated heterocycles. The van der Waals surface area contributed by atoms with Crippen molar-refractivity contribution in [2.45, 2.75) is 97.7 Å². The number of carbonyl (C=O) groups is 1. The second-order valence-corrected chi connectivity index (χ2v) is 10.6. The van der Waals surface area contributed by atoms with Gasteiger partial charge in [0, 0.05) is 30.8 Å². The van der Waals surface area contributed by atoms with Crippen molar-refractivity contribution < 1.29 is 18.8 Å². The molecule has 1 aromatic heterocycles. The van der Waals surface area contributed by atoms with Gasteiger partial charge in [-0.3, -0.25) is 4.79 Å². The highest BCUT2D eigenvalue weighted by atomic mass is 16.5. The molecule has 0 saturated carbocycles. The van der Waals surface area contributed by atoms with Crippen molar-refractivity contribution in [3.63, 3.8) is 0 Å². The summed E-state index contributed by atoms with van der Waals surface area (Å²) in [5.41, 5.74) is 2.79. The van der Waals surface area contributed by atoms with E-state index in [0.29, 0.717) is 31.0 Å². The number of carbonyl (C=O) groups excluding carboxylic acids is 1. The highest BCUT2D eigenvalue weighted by molar-refractivity contribution is 5.94. The number of methoxy groups -OCH3 is 1. The van der Waals surface area contributed by atoms with Gasteiger partial charge in [-0.05, 0) is 48.7 Å². The molecule has 40 heavy (non-hydrogen) atoms. The average molecular weight is 546 g/mol. The number of rotatable bonds is 19. The van der Waals surface area contributed by atoms with Crippen LogP contribution in [0.4, 0.5) is 0 Å². The van der Waals surface area contributed by atoms with Gasteiger partial charge in [0.05, 0.1) is 13.7 Å². The minimum absolute atomic E-state index is 0.00748. The second-order valence-electron chi connectivity index (χ2n) is 10.6. The normalized spacial score (nSPS) is 10.9. The summed E-state index contributed by atoms with van der Waals surface area (Å²) in [4.78, 5) is 15.4. The van der Waals surface area contributed by atoms with Gasteiger partial charge in [0.25, 0.3) is 5.91 Å². The van der Waals surface area contributed by atoms with Gasteiger partial charge in [-0.2, -0.15) is 0 Å². The Kier molecular flexibility index (Phi) is 14.1. The molecule has 0 aliphatic carbocycles. The van der Waals surface area contributed by atoms with Gasteiger partial charge >= 0.3 is 0 Å². The van der Waals surface area contributed by atoms with E-state index < -0.39 is 0 Å². The van der Waals surface area contributed by atoms with Crippen LogP contribution in [0.1, 0.15) is 99.5 Å². The molecule has 0 radical (unpaired) electrons. The first-order valence-corrected chi connectivity index (χ1v) is 15.3. The first-order valence-electron chi connectivity index (χ1n) is 15.3. The Labute approximate surface area is 242 Å². The third-order valence-electron chi connectivity index (χ3n) is 7.36. The van der Waals surface area contributed by atoms with Crippen LogP contribution in [0.2, 0.25) is 0 Å². The molecule has 0 bridgehead atoms. The summed E-state index contributed by atoms with van der Waals surface area (Å²) in [5, 5.41) is 0. The number of pyridine rings is 1. The number of aromatic nitrogens is 1. The lowest BCUT2D eigenvalue weighted by atomic mass is 10.1. The average Bonchev–Trinajstić information content (AvgIpc) is 3.00. The number of hydrogen-bond acceptors (Lipinski definition) is 3. The SMILES string of the molecule is CCCCCCCCCCCCOc1ccc(CN(Cc2cc[n+](CC)cc2)C(=O)c2ccccc2)cc1OC. The van der Waals surface area contributed by atoms with E-state index in [2.05, 4.69) is 42.9 Å². The monoisotopic (exact) mass is 545 g/mol. The van der Waals surface area contributed by atoms with E-state index in [-0.39, 0.29) is 5.91 Å². The van der Waals surface area contributed by atoms with Crippen LogP contribution in [0.15, 0.2) is 73.1 Å². The van der Waals surface area contributed by atoms with Crippen LogP contribution in [0.25, 0.3) is 0 Å². The third-order valence-corrected chi connectivity index (χ3v) is 7.36. The Bertz CT molecular complexity index is 1120. The predicted octanol–water partition coefficient (Wildman–Crippen LogP) is 8.14. The molecule has 1 amide bonds. The van der Waals surface area contributed by atoms with Gasteiger partial charge in [-0.25, -0.2) is 4.57 Å². The molecule has 2 aromatic carbocycles. The van der Waals surface area contributed by atoms with Gasteiger partial charge in [0.2, 0.25) is 0 Å². The van der Waals surface area contributed by atoms with E-state index in [0.717, 1.165) is 29.8 Å². The summed E-state index contributed by atoms with van der Waals surface area (Å²) in [6.07, 6.45) is 17.2. The number of benzene rings is 2. The largest absolute Gasteiger partial charge is 0.493 e. The van der Waals surface area contributed by atoms with E-state index in [9.17, 15) is 4.79 Å². The van der Waals surface area contributed by atoms with E-state index in [1.165, 1.54) is 57.8 Å². The Hall–Kier alpha value is -3.34. The lowest BCUT2D eigenvalue weighted by Crippen LogP contribution is -2.33. The summed E-state index contributed by atoms with van der Waals surface area (Å²) < 4.78 is 13.9. The third kappa shape index (κ3) is 10.7. The molecule has 0 fully saturated rings. The number of ether oxygens (including phenoxy) is 2. The fraction of sp³-hybridized carbons (Fsp3) is 0.486. The Morgan fingerprint density at radius 2 is 1.35 bits per heavy atom. The van der Waals surface area contributed by atoms with Crippen molar-refractivity contribution in [3.8, 4) is 11.5 Å². The van der Waals surface area contributed by atoms with Crippen molar-refractivity contribution in [1.29, 1.82) is 0 Å². The van der Waals surface area contributed by atoms with Crippen molar-refractivity contribution in [1.82, 2.24) is 4.90 Å². The number of amides is 1. The molecule has 3 aromatic rings. The minimum atomic E-state index is 0.00748. The molecule has 5 heteroatoms. The van der Waals surface area contributed by atoms with E-state index in [1.54, 1.807) is 7.11 Å². The molecule has 0 N–H and O–H groups in total. The van der Waals surface area contributed by atoms with E-state index >= 15 is 0 Å². The summed E-state index contributed by atoms with van der Waals surface area (Å²) in [7, 11) is 1.67. The van der Waals surface area contributed by atoms with Crippen LogP contribution in [0.3, 0.4) is 0 Å². The maximum Gasteiger partial charge on any atom is 0.254 e.